The highest BCUT2D eigenvalue weighted by Crippen LogP contribution is 2.61. The van der Waals surface area contributed by atoms with Gasteiger partial charge >= 0.3 is 23.5 Å². The summed E-state index contributed by atoms with van der Waals surface area (Å²) in [5, 5.41) is 0.222. The van der Waals surface area contributed by atoms with Crippen LogP contribution in [0.3, 0.4) is 0 Å². The Bertz CT molecular complexity index is 3880. The van der Waals surface area contributed by atoms with E-state index in [0.29, 0.717) is 75.1 Å². The highest BCUT2D eigenvalue weighted by molar-refractivity contribution is 7.49. The van der Waals surface area contributed by atoms with Crippen molar-refractivity contribution in [2.75, 3.05) is 6.61 Å². The molecule has 10 aromatic rings. The van der Waals surface area contributed by atoms with Crippen molar-refractivity contribution in [2.24, 2.45) is 0 Å². The first-order valence-electron chi connectivity index (χ1n) is 30.7. The van der Waals surface area contributed by atoms with Crippen molar-refractivity contribution in [2.45, 2.75) is 109 Å². The summed E-state index contributed by atoms with van der Waals surface area (Å²) in [6.07, 6.45) is -5.98. The Labute approximate surface area is 552 Å². The molecule has 0 spiro atoms. The molecule has 0 unspecified atom stereocenters. The number of aromatic nitrogens is 4. The Morgan fingerprint density at radius 1 is 0.330 bits per heavy atom. The van der Waals surface area contributed by atoms with E-state index in [1.807, 2.05) is 199 Å². The van der Waals surface area contributed by atoms with E-state index in [0.717, 1.165) is 0 Å². The third-order valence-corrected chi connectivity index (χ3v) is 19.6. The van der Waals surface area contributed by atoms with Gasteiger partial charge in [-0.05, 0) is 57.3 Å². The van der Waals surface area contributed by atoms with Gasteiger partial charge in [-0.15, -0.1) is 0 Å². The lowest BCUT2D eigenvalue weighted by Gasteiger charge is -2.50. The Morgan fingerprint density at radius 2 is 0.606 bits per heavy atom. The molecule has 2 aromatic heterocycles. The zero-order chi connectivity index (χ0) is 64.7. The number of unbranched alkanes of at least 4 members (excludes halogenated alkanes) is 1. The van der Waals surface area contributed by atoms with Crippen LogP contribution in [0.15, 0.2) is 255 Å². The first-order valence-corrected chi connectivity index (χ1v) is 35.5. The van der Waals surface area contributed by atoms with Crippen LogP contribution in [-0.4, -0.2) is 62.7 Å². The summed E-state index contributed by atoms with van der Waals surface area (Å²) in [6, 6.07) is 73.2. The van der Waals surface area contributed by atoms with Gasteiger partial charge in [-0.25, -0.2) is 28.6 Å². The number of fused-ring (bicyclic) bond motifs is 1. The van der Waals surface area contributed by atoms with Crippen molar-refractivity contribution in [3.63, 3.8) is 0 Å². The molecule has 94 heavy (non-hydrogen) atoms. The van der Waals surface area contributed by atoms with Crippen molar-refractivity contribution in [3.8, 4) is 0 Å². The summed E-state index contributed by atoms with van der Waals surface area (Å²) in [4.78, 5) is 13.0. The second-order valence-corrected chi connectivity index (χ2v) is 27.2. The van der Waals surface area contributed by atoms with Crippen LogP contribution in [0.2, 0.25) is 5.15 Å². The van der Waals surface area contributed by atoms with Crippen molar-refractivity contribution >= 4 is 46.2 Å². The minimum atomic E-state index is -5.00. The molecule has 1 aliphatic rings. The van der Waals surface area contributed by atoms with Crippen molar-refractivity contribution in [1.82, 2.24) is 19.5 Å². The first kappa shape index (κ1) is 68.2. The van der Waals surface area contributed by atoms with E-state index >= 15 is 13.7 Å². The van der Waals surface area contributed by atoms with Gasteiger partial charge in [-0.3, -0.25) is 40.7 Å². The van der Waals surface area contributed by atoms with Gasteiger partial charge in [0.05, 0.1) is 59.2 Å². The lowest BCUT2D eigenvalue weighted by Crippen LogP contribution is -2.67. The topological polar surface area (TPSA) is 206 Å². The molecule has 11 rings (SSSR count). The van der Waals surface area contributed by atoms with Gasteiger partial charge in [0.2, 0.25) is 0 Å². The van der Waals surface area contributed by atoms with Crippen LogP contribution in [0, 0.1) is 0 Å². The van der Waals surface area contributed by atoms with Crippen molar-refractivity contribution < 1.29 is 68.6 Å². The minimum absolute atomic E-state index is 0.0205. The molecule has 1 saturated carbocycles. The number of hydrogen-bond acceptors (Lipinski definition) is 18. The van der Waals surface area contributed by atoms with Gasteiger partial charge in [-0.2, -0.15) is 0 Å². The minimum Gasteiger partial charge on any atom is -0.373 e. The summed E-state index contributed by atoms with van der Waals surface area (Å²) >= 11 is 6.42. The average Bonchev–Trinajstić information content (AvgIpc) is 0.887. The van der Waals surface area contributed by atoms with Crippen LogP contribution in [0.4, 0.5) is 0 Å². The lowest BCUT2D eigenvalue weighted by atomic mass is 9.84. The number of ether oxygens (including phenoxy) is 3. The van der Waals surface area contributed by atoms with Crippen LogP contribution in [0.25, 0.3) is 11.2 Å². The second-order valence-electron chi connectivity index (χ2n) is 21.9. The van der Waals surface area contributed by atoms with E-state index in [1.165, 1.54) is 6.33 Å². The average molecular weight is 1350 g/mol. The molecule has 0 amide bonds. The van der Waals surface area contributed by atoms with E-state index in [-0.39, 0.29) is 64.6 Å². The van der Waals surface area contributed by atoms with Crippen LogP contribution in [0.5, 0.6) is 0 Å². The maximum Gasteiger partial charge on any atom is 0.475 e. The standard InChI is InChI=1S/C71H72ClN4O15P3/c72-70-63-71(74-53-73-70)76(54-75-63)43-25-26-44-80-64-65(81-45-55-27-9-1-10-28-55)68(90-93(78,85-49-59-35-17-5-18-36-59)86-50-60-37-19-6-20-38-60)69(91-94(79,87-51-61-39-21-7-22-40-61)88-52-62-41-23-8-24-42-62)66(82-46-56-29-11-2-12-30-56)67(64)89-92(77,83-47-57-31-13-3-14-32-57)84-48-58-33-15-4-16-34-58/h1-24,27-42,53-54,64-69H,25-26,43-52H2/t64-,65+,66+,67+,68+,69-/m1/s1. The molecular formula is C71H72ClN4O15P3. The predicted molar refractivity (Wildman–Crippen MR) is 354 cm³/mol. The van der Waals surface area contributed by atoms with E-state index in [9.17, 15) is 0 Å². The summed E-state index contributed by atoms with van der Waals surface area (Å²) in [5.74, 6) is 0. The highest BCUT2D eigenvalue weighted by atomic mass is 35.5. The number of phosphoric acid groups is 3. The van der Waals surface area contributed by atoms with Gasteiger partial charge < -0.3 is 18.8 Å². The molecule has 0 aliphatic heterocycles. The zero-order valence-electron chi connectivity index (χ0n) is 51.3. The van der Waals surface area contributed by atoms with Crippen LogP contribution in [-0.2, 0) is 128 Å². The molecule has 0 bridgehead atoms. The molecule has 0 N–H and O–H groups in total. The van der Waals surface area contributed by atoms with Crippen LogP contribution >= 0.6 is 35.1 Å². The van der Waals surface area contributed by atoms with Gasteiger partial charge in [0.25, 0.3) is 0 Å². The maximum atomic E-state index is 16.4. The summed E-state index contributed by atoms with van der Waals surface area (Å²) in [6.45, 7) is -1.45. The van der Waals surface area contributed by atoms with Crippen LogP contribution < -0.4 is 0 Å². The molecule has 488 valence electrons. The molecule has 6 atom stereocenters. The number of nitrogens with zero attached hydrogens (tertiary/aromatic N) is 4. The molecule has 2 heterocycles. The van der Waals surface area contributed by atoms with Crippen molar-refractivity contribution in [1.29, 1.82) is 0 Å². The van der Waals surface area contributed by atoms with Gasteiger partial charge in [-0.1, -0.05) is 254 Å². The van der Waals surface area contributed by atoms with Gasteiger partial charge in [0, 0.05) is 13.2 Å². The van der Waals surface area contributed by atoms with E-state index < -0.39 is 60.1 Å². The predicted octanol–water partition coefficient (Wildman–Crippen LogP) is 16.6. The smallest absolute Gasteiger partial charge is 0.373 e. The quantitative estimate of drug-likeness (QED) is 0.0203. The molecule has 1 fully saturated rings. The molecule has 0 saturated heterocycles. The van der Waals surface area contributed by atoms with E-state index in [4.69, 9.17) is 66.5 Å². The third kappa shape index (κ3) is 19.9. The Morgan fingerprint density at radius 3 is 0.926 bits per heavy atom. The Hall–Kier alpha value is -7.19. The lowest BCUT2D eigenvalue weighted by molar-refractivity contribution is -0.253. The largest absolute Gasteiger partial charge is 0.475 e. The number of hydrogen-bond donors (Lipinski definition) is 0. The SMILES string of the molecule is O=P(OCc1ccccc1)(OCc1ccccc1)O[C@H]1[C@H](OCCCCn2cnc3c(Cl)ncnc32)[C@H](OCc2ccccc2)[C@H](OP(=O)(OCc2ccccc2)OCc2ccccc2)[C@H](OP(=O)(OCc2ccccc2)OCc2ccccc2)[C@H]1OCc1ccccc1. The molecule has 1 aliphatic carbocycles. The van der Waals surface area contributed by atoms with Gasteiger partial charge in [0.1, 0.15) is 48.5 Å². The first-order chi connectivity index (χ1) is 46.0. The maximum absolute atomic E-state index is 16.4. The molecule has 23 heteroatoms. The molecule has 0 radical (unpaired) electrons. The summed E-state index contributed by atoms with van der Waals surface area (Å²) < 4.78 is 132. The zero-order valence-corrected chi connectivity index (χ0v) is 54.8. The fourth-order valence-corrected chi connectivity index (χ4v) is 14.5. The molecule has 8 aromatic carbocycles. The highest BCUT2D eigenvalue weighted by Gasteiger charge is 2.61. The second kappa shape index (κ2) is 34.5. The summed E-state index contributed by atoms with van der Waals surface area (Å²) in [5.41, 5.74) is 6.19. The number of halogens is 1. The van der Waals surface area contributed by atoms with E-state index in [1.54, 1.807) is 54.9 Å². The van der Waals surface area contributed by atoms with E-state index in [2.05, 4.69) is 15.0 Å². The monoisotopic (exact) mass is 1350 g/mol. The molecule has 19 nitrogen and oxygen atoms in total. The number of aryl methyl sites for hydroxylation is 1. The van der Waals surface area contributed by atoms with Gasteiger partial charge in [0.15, 0.2) is 10.8 Å². The Kier molecular flexibility index (Phi) is 25.0. The fourth-order valence-electron chi connectivity index (χ4n) is 10.3. The third-order valence-electron chi connectivity index (χ3n) is 15.1. The fraction of sp³-hybridized carbons (Fsp3) is 0.254. The van der Waals surface area contributed by atoms with Crippen molar-refractivity contribution in [3.05, 3.63) is 305 Å². The number of rotatable bonds is 36. The van der Waals surface area contributed by atoms with Crippen LogP contribution in [0.1, 0.15) is 57.3 Å². The molecular weight excluding hydrogens is 1280 g/mol. The number of benzene rings is 8. The summed E-state index contributed by atoms with van der Waals surface area (Å²) in [7, 11) is -14.9. The number of imidazole rings is 1. The normalized spacial score (nSPS) is 17.7. The number of phosphoric ester groups is 3. The Balaban J connectivity index is 1.08.